The summed E-state index contributed by atoms with van der Waals surface area (Å²) in [4.78, 5) is 10.1. The van der Waals surface area contributed by atoms with Gasteiger partial charge in [-0.1, -0.05) is 210 Å². The van der Waals surface area contributed by atoms with Crippen LogP contribution in [0.15, 0.2) is 206 Å². The van der Waals surface area contributed by atoms with Crippen molar-refractivity contribution < 1.29 is 9.47 Å². The first-order valence-corrected chi connectivity index (χ1v) is 29.4. The smallest absolute Gasteiger partial charge is 0.137 e. The molecule has 6 nitrogen and oxygen atoms in total. The number of anilines is 4. The summed E-state index contributed by atoms with van der Waals surface area (Å²) in [5.74, 6) is 4.08. The number of ether oxygens (including phenoxy) is 2. The second kappa shape index (κ2) is 18.6. The average molecular weight is 1090 g/mol. The van der Waals surface area contributed by atoms with Crippen LogP contribution in [-0.4, -0.2) is 16.2 Å². The minimum atomic E-state index is -0.677. The Kier molecular flexibility index (Phi) is 11.7. The van der Waals surface area contributed by atoms with Gasteiger partial charge in [0, 0.05) is 57.0 Å². The fourth-order valence-electron chi connectivity index (χ4n) is 13.4. The summed E-state index contributed by atoms with van der Waals surface area (Å²) in [5, 5.41) is 2.42. The van der Waals surface area contributed by atoms with E-state index in [2.05, 4.69) is 298 Å². The molecule has 0 radical (unpaired) electrons. The highest BCUT2D eigenvalue weighted by Crippen LogP contribution is 2.63. The van der Waals surface area contributed by atoms with Gasteiger partial charge in [0.25, 0.3) is 0 Å². The van der Waals surface area contributed by atoms with Crippen molar-refractivity contribution in [3.63, 3.8) is 0 Å². The molecule has 0 N–H and O–H groups in total. The molecule has 0 unspecified atom stereocenters. The van der Waals surface area contributed by atoms with Gasteiger partial charge < -0.3 is 19.3 Å². The van der Waals surface area contributed by atoms with Crippen molar-refractivity contribution >= 4 is 44.6 Å². The number of hydrogen-bond acceptors (Lipinski definition) is 5. The van der Waals surface area contributed by atoms with Gasteiger partial charge in [0.1, 0.15) is 35.5 Å². The van der Waals surface area contributed by atoms with Crippen molar-refractivity contribution in [3.8, 4) is 51.1 Å². The molecule has 9 aromatic carbocycles. The zero-order valence-corrected chi connectivity index (χ0v) is 49.9. The van der Waals surface area contributed by atoms with E-state index in [0.717, 1.165) is 73.6 Å². The van der Waals surface area contributed by atoms with Gasteiger partial charge in [-0.15, -0.1) is 0 Å². The fourth-order valence-corrected chi connectivity index (χ4v) is 13.4. The lowest BCUT2D eigenvalue weighted by Crippen LogP contribution is -2.32. The van der Waals surface area contributed by atoms with Crippen molar-refractivity contribution in [3.05, 3.63) is 251 Å². The summed E-state index contributed by atoms with van der Waals surface area (Å²) in [6.07, 6.45) is 1.96. The molecule has 11 aromatic rings. The van der Waals surface area contributed by atoms with Crippen LogP contribution in [0.1, 0.15) is 128 Å². The highest BCUT2D eigenvalue weighted by atomic mass is 16.5. The maximum Gasteiger partial charge on any atom is 0.137 e. The molecule has 1 spiro atoms. The Morgan fingerprint density at radius 1 is 0.422 bits per heavy atom. The molecule has 83 heavy (non-hydrogen) atoms. The van der Waals surface area contributed by atoms with E-state index in [1.54, 1.807) is 0 Å². The summed E-state index contributed by atoms with van der Waals surface area (Å²) in [6.45, 7) is 28.2. The monoisotopic (exact) mass is 1080 g/mol. The molecule has 2 aromatic heterocycles. The van der Waals surface area contributed by atoms with E-state index in [-0.39, 0.29) is 21.7 Å². The molecule has 6 heteroatoms. The molecular weight excluding hydrogens is 1010 g/mol. The largest absolute Gasteiger partial charge is 0.457 e. The van der Waals surface area contributed by atoms with E-state index < -0.39 is 5.41 Å². The number of aromatic nitrogens is 2. The van der Waals surface area contributed by atoms with Crippen molar-refractivity contribution in [2.75, 3.05) is 16.5 Å². The molecule has 412 valence electrons. The van der Waals surface area contributed by atoms with Gasteiger partial charge in [0.2, 0.25) is 0 Å². The minimum absolute atomic E-state index is 0.0237. The van der Waals surface area contributed by atoms with Crippen LogP contribution >= 0.6 is 0 Å². The van der Waals surface area contributed by atoms with E-state index in [9.17, 15) is 0 Å². The molecule has 0 atom stereocenters. The average Bonchev–Trinajstić information content (AvgIpc) is 1.55. The topological polar surface area (TPSA) is 42.8 Å². The molecule has 3 aliphatic rings. The zero-order chi connectivity index (χ0) is 57.5. The number of pyridine rings is 1. The third-order valence-corrected chi connectivity index (χ3v) is 17.7. The third-order valence-electron chi connectivity index (χ3n) is 17.7. The van der Waals surface area contributed by atoms with Gasteiger partial charge in [-0.2, -0.15) is 0 Å². The second-order valence-electron chi connectivity index (χ2n) is 27.3. The third kappa shape index (κ3) is 8.38. The van der Waals surface area contributed by atoms with E-state index in [1.165, 1.54) is 66.5 Å². The number of para-hydroxylation sites is 5. The number of rotatable bonds is 7. The maximum absolute atomic E-state index is 7.35. The number of hydrogen-bond donors (Lipinski definition) is 0. The first-order valence-electron chi connectivity index (χ1n) is 29.4. The zero-order valence-electron chi connectivity index (χ0n) is 49.9. The van der Waals surface area contributed by atoms with Crippen molar-refractivity contribution in [2.45, 2.75) is 110 Å². The molecule has 0 fully saturated rings. The Balaban J connectivity index is 0.927. The van der Waals surface area contributed by atoms with Gasteiger partial charge in [0.05, 0.1) is 33.5 Å². The predicted octanol–water partition coefficient (Wildman–Crippen LogP) is 20.5. The quantitative estimate of drug-likeness (QED) is 0.159. The van der Waals surface area contributed by atoms with Gasteiger partial charge in [0.15, 0.2) is 0 Å². The van der Waals surface area contributed by atoms with Crippen LogP contribution in [-0.2, 0) is 27.1 Å². The molecule has 0 bridgehead atoms. The molecule has 4 heterocycles. The molecule has 2 aliphatic heterocycles. The van der Waals surface area contributed by atoms with Crippen LogP contribution in [0.3, 0.4) is 0 Å². The normalized spacial score (nSPS) is 14.4. The van der Waals surface area contributed by atoms with Crippen LogP contribution in [0.25, 0.3) is 49.9 Å². The highest BCUT2D eigenvalue weighted by Gasteiger charge is 2.51. The Bertz CT molecular complexity index is 4360. The maximum atomic E-state index is 7.35. The van der Waals surface area contributed by atoms with Crippen molar-refractivity contribution in [1.82, 2.24) is 9.55 Å². The van der Waals surface area contributed by atoms with Gasteiger partial charge >= 0.3 is 0 Å². The summed E-state index contributed by atoms with van der Waals surface area (Å²) >= 11 is 0. The van der Waals surface area contributed by atoms with E-state index in [0.29, 0.717) is 6.67 Å². The Morgan fingerprint density at radius 3 is 1.65 bits per heavy atom. The van der Waals surface area contributed by atoms with Crippen molar-refractivity contribution in [1.29, 1.82) is 0 Å². The second-order valence-corrected chi connectivity index (χ2v) is 27.3. The number of fused-ring (bicyclic) bond motifs is 7. The lowest BCUT2D eigenvalue weighted by molar-refractivity contribution is 0.435. The van der Waals surface area contributed by atoms with Crippen LogP contribution in [0, 0.1) is 0 Å². The van der Waals surface area contributed by atoms with Gasteiger partial charge in [-0.25, -0.2) is 4.98 Å². The summed E-state index contributed by atoms with van der Waals surface area (Å²) < 4.78 is 16.5. The molecule has 1 aliphatic carbocycles. The van der Waals surface area contributed by atoms with E-state index in [1.807, 2.05) is 6.20 Å². The first-order chi connectivity index (χ1) is 39.7. The molecular formula is C77H72N4O2. The SMILES string of the molecule is CC(C)(C)c1cccc(-c2cccc(-c3cc(C(C)(C)C)cc(C(C)(C)C)c3)c2N2CN(c3cccc(Oc4cc5c6c7c(cccc7n(-c7cc(C(C)(C)C)ccn7)c6c4)C54c5ccccc5Oc5ccccc54)c3)c3ccccc32)c1. The van der Waals surface area contributed by atoms with Crippen molar-refractivity contribution in [2.24, 2.45) is 0 Å². The van der Waals surface area contributed by atoms with Crippen LogP contribution in [0.4, 0.5) is 22.7 Å². The molecule has 0 amide bonds. The van der Waals surface area contributed by atoms with E-state index in [4.69, 9.17) is 14.5 Å². The molecule has 14 rings (SSSR count). The summed E-state index contributed by atoms with van der Waals surface area (Å²) in [5.41, 5.74) is 20.4. The predicted molar refractivity (Wildman–Crippen MR) is 345 cm³/mol. The molecule has 0 saturated heterocycles. The Morgan fingerprint density at radius 2 is 0.976 bits per heavy atom. The molecule has 0 saturated carbocycles. The Hall–Kier alpha value is -8.87. The van der Waals surface area contributed by atoms with Crippen LogP contribution < -0.4 is 19.3 Å². The number of nitrogens with zero attached hydrogens (tertiary/aromatic N) is 4. The van der Waals surface area contributed by atoms with Crippen LogP contribution in [0.2, 0.25) is 0 Å². The minimum Gasteiger partial charge on any atom is -0.457 e. The Labute approximate surface area is 489 Å². The highest BCUT2D eigenvalue weighted by molar-refractivity contribution is 6.18. The van der Waals surface area contributed by atoms with E-state index >= 15 is 0 Å². The first kappa shape index (κ1) is 52.2. The van der Waals surface area contributed by atoms with Crippen LogP contribution in [0.5, 0.6) is 23.0 Å². The fraction of sp³-hybridized carbons (Fsp3) is 0.234. The lowest BCUT2D eigenvalue weighted by atomic mass is 9.65. The van der Waals surface area contributed by atoms with Gasteiger partial charge in [-0.05, 0) is 127 Å². The summed E-state index contributed by atoms with van der Waals surface area (Å²) in [7, 11) is 0. The standard InChI is InChI=1S/C77H72N4O2/c1-73(2,3)50-24-19-23-48(39-50)57-27-21-28-58(49-40-52(75(7,8)9)42-53(41-49)76(10,11)12)72(57)80-47-79(63-32-15-16-33-64(63)80)54-25-20-26-55(44-54)82-56-45-62-71-66(46-56)81(69-43-51(37-38-78-69)74(4,5)6)65-34-22-31-61(70(65)71)77(62)59-29-13-17-35-67(59)83-68-36-18-14-30-60(68)77/h13-46H,47H2,1-12H3. The lowest BCUT2D eigenvalue weighted by Gasteiger charge is -2.40. The van der Waals surface area contributed by atoms with Gasteiger partial charge in [-0.3, -0.25) is 4.57 Å². The summed E-state index contributed by atoms with van der Waals surface area (Å²) in [6, 6.07) is 73.8. The number of benzene rings is 9.